The summed E-state index contributed by atoms with van der Waals surface area (Å²) < 4.78 is 11.3. The lowest BCUT2D eigenvalue weighted by Gasteiger charge is -2.28. The van der Waals surface area contributed by atoms with Crippen molar-refractivity contribution in [1.82, 2.24) is 0 Å². The fourth-order valence-electron chi connectivity index (χ4n) is 2.23. The van der Waals surface area contributed by atoms with E-state index in [-0.39, 0.29) is 23.9 Å². The van der Waals surface area contributed by atoms with Crippen molar-refractivity contribution in [2.75, 3.05) is 7.11 Å². The van der Waals surface area contributed by atoms with Gasteiger partial charge in [-0.15, -0.1) is 12.4 Å². The highest BCUT2D eigenvalue weighted by molar-refractivity contribution is 5.85. The van der Waals surface area contributed by atoms with Crippen LogP contribution in [-0.4, -0.2) is 7.11 Å². The average molecular weight is 336 g/mol. The summed E-state index contributed by atoms with van der Waals surface area (Å²) in [6, 6.07) is 15.9. The monoisotopic (exact) mass is 335 g/mol. The molecule has 126 valence electrons. The Morgan fingerprint density at radius 2 is 1.65 bits per heavy atom. The normalized spacial score (nSPS) is 12.2. The fourth-order valence-corrected chi connectivity index (χ4v) is 2.23. The van der Waals surface area contributed by atoms with Gasteiger partial charge in [0.05, 0.1) is 7.11 Å². The number of ether oxygens (including phenoxy) is 2. The molecule has 0 radical (unpaired) electrons. The highest BCUT2D eigenvalue weighted by Gasteiger charge is 2.23. The van der Waals surface area contributed by atoms with Gasteiger partial charge < -0.3 is 15.2 Å². The first-order chi connectivity index (χ1) is 10.4. The smallest absolute Gasteiger partial charge is 0.161 e. The molecule has 0 unspecified atom stereocenters. The Hall–Kier alpha value is -1.71. The van der Waals surface area contributed by atoms with Gasteiger partial charge in [-0.25, -0.2) is 0 Å². The summed E-state index contributed by atoms with van der Waals surface area (Å²) >= 11 is 0. The van der Waals surface area contributed by atoms with Crippen molar-refractivity contribution in [2.24, 2.45) is 11.1 Å². The molecule has 2 rings (SSSR count). The van der Waals surface area contributed by atoms with Crippen molar-refractivity contribution in [2.45, 2.75) is 33.4 Å². The van der Waals surface area contributed by atoms with E-state index in [9.17, 15) is 0 Å². The summed E-state index contributed by atoms with van der Waals surface area (Å²) in [4.78, 5) is 0. The molecule has 0 saturated carbocycles. The third kappa shape index (κ3) is 5.15. The summed E-state index contributed by atoms with van der Waals surface area (Å²) in [6.07, 6.45) is 0. The number of nitrogens with two attached hydrogens (primary N) is 1. The molecule has 2 aromatic carbocycles. The topological polar surface area (TPSA) is 44.5 Å². The highest BCUT2D eigenvalue weighted by Crippen LogP contribution is 2.36. The molecule has 0 amide bonds. The molecule has 0 aromatic heterocycles. The second-order valence-electron chi connectivity index (χ2n) is 6.53. The van der Waals surface area contributed by atoms with Gasteiger partial charge in [-0.1, -0.05) is 57.2 Å². The van der Waals surface area contributed by atoms with Gasteiger partial charge in [-0.3, -0.25) is 0 Å². The molecule has 0 saturated heterocycles. The molecule has 2 N–H and O–H groups in total. The lowest BCUT2D eigenvalue weighted by Crippen LogP contribution is -2.26. The van der Waals surface area contributed by atoms with Gasteiger partial charge in [-0.2, -0.15) is 0 Å². The Morgan fingerprint density at radius 1 is 1.00 bits per heavy atom. The Labute approximate surface area is 145 Å². The van der Waals surface area contributed by atoms with Crippen LogP contribution in [0, 0.1) is 5.41 Å². The number of halogens is 1. The molecule has 23 heavy (non-hydrogen) atoms. The molecule has 0 aliphatic carbocycles. The standard InChI is InChI=1S/C19H25NO2.ClH/c1-19(2,3)18(20)15-10-11-16(21-4)17(12-15)22-13-14-8-6-5-7-9-14;/h5-12,18H,13,20H2,1-4H3;1H/t18-;/m0./s1. The highest BCUT2D eigenvalue weighted by atomic mass is 35.5. The zero-order valence-corrected chi connectivity index (χ0v) is 15.0. The van der Waals surface area contributed by atoms with Crippen LogP contribution in [0.3, 0.4) is 0 Å². The van der Waals surface area contributed by atoms with E-state index in [2.05, 4.69) is 20.8 Å². The number of benzene rings is 2. The predicted octanol–water partition coefficient (Wildman–Crippen LogP) is 4.74. The molecule has 0 bridgehead atoms. The van der Waals surface area contributed by atoms with Crippen molar-refractivity contribution in [1.29, 1.82) is 0 Å². The van der Waals surface area contributed by atoms with Crippen molar-refractivity contribution in [3.05, 3.63) is 59.7 Å². The SMILES string of the molecule is COc1ccc([C@H](N)C(C)(C)C)cc1OCc1ccccc1.Cl. The third-order valence-corrected chi connectivity index (χ3v) is 3.72. The molecule has 0 heterocycles. The number of methoxy groups -OCH3 is 1. The number of rotatable bonds is 5. The first kappa shape index (κ1) is 19.3. The van der Waals surface area contributed by atoms with Gasteiger partial charge in [-0.05, 0) is 28.7 Å². The lowest BCUT2D eigenvalue weighted by molar-refractivity contribution is 0.281. The van der Waals surface area contributed by atoms with Crippen LogP contribution in [0.15, 0.2) is 48.5 Å². The molecule has 4 heteroatoms. The van der Waals surface area contributed by atoms with Gasteiger partial charge in [0.2, 0.25) is 0 Å². The van der Waals surface area contributed by atoms with Crippen LogP contribution in [0.4, 0.5) is 0 Å². The molecule has 0 fully saturated rings. The van der Waals surface area contributed by atoms with Gasteiger partial charge >= 0.3 is 0 Å². The largest absolute Gasteiger partial charge is 0.493 e. The lowest BCUT2D eigenvalue weighted by atomic mass is 9.83. The zero-order chi connectivity index (χ0) is 16.2. The van der Waals surface area contributed by atoms with E-state index in [0.717, 1.165) is 22.6 Å². The third-order valence-electron chi connectivity index (χ3n) is 3.72. The summed E-state index contributed by atoms with van der Waals surface area (Å²) in [5, 5.41) is 0. The molecule has 0 aliphatic heterocycles. The Morgan fingerprint density at radius 3 is 2.22 bits per heavy atom. The Balaban J connectivity index is 0.00000264. The summed E-state index contributed by atoms with van der Waals surface area (Å²) in [7, 11) is 1.65. The van der Waals surface area contributed by atoms with Gasteiger partial charge in [0.1, 0.15) is 6.61 Å². The second kappa shape index (κ2) is 8.23. The zero-order valence-electron chi connectivity index (χ0n) is 14.2. The van der Waals surface area contributed by atoms with Crippen LogP contribution in [0.1, 0.15) is 37.9 Å². The van der Waals surface area contributed by atoms with E-state index in [1.54, 1.807) is 7.11 Å². The Kier molecular flexibility index (Phi) is 6.92. The summed E-state index contributed by atoms with van der Waals surface area (Å²) in [6.45, 7) is 6.90. The maximum atomic E-state index is 6.34. The van der Waals surface area contributed by atoms with E-state index in [4.69, 9.17) is 15.2 Å². The van der Waals surface area contributed by atoms with Crippen LogP contribution in [0.5, 0.6) is 11.5 Å². The average Bonchev–Trinajstić information content (AvgIpc) is 2.52. The first-order valence-corrected chi connectivity index (χ1v) is 7.52. The molecular formula is C19H26ClNO2. The predicted molar refractivity (Wildman–Crippen MR) is 97.4 cm³/mol. The van der Waals surface area contributed by atoms with E-state index < -0.39 is 0 Å². The Bertz CT molecular complexity index is 609. The second-order valence-corrected chi connectivity index (χ2v) is 6.53. The van der Waals surface area contributed by atoms with Gasteiger partial charge in [0, 0.05) is 6.04 Å². The van der Waals surface area contributed by atoms with Gasteiger partial charge in [0.25, 0.3) is 0 Å². The van der Waals surface area contributed by atoms with Crippen LogP contribution < -0.4 is 15.2 Å². The summed E-state index contributed by atoms with van der Waals surface area (Å²) in [5.41, 5.74) is 8.51. The van der Waals surface area contributed by atoms with E-state index in [1.807, 2.05) is 48.5 Å². The quantitative estimate of drug-likeness (QED) is 0.858. The van der Waals surface area contributed by atoms with Crippen LogP contribution >= 0.6 is 12.4 Å². The first-order valence-electron chi connectivity index (χ1n) is 7.52. The van der Waals surface area contributed by atoms with Crippen LogP contribution in [-0.2, 0) is 6.61 Å². The summed E-state index contributed by atoms with van der Waals surface area (Å²) in [5.74, 6) is 1.45. The maximum Gasteiger partial charge on any atom is 0.161 e. The maximum absolute atomic E-state index is 6.34. The number of hydrogen-bond acceptors (Lipinski definition) is 3. The van der Waals surface area contributed by atoms with Crippen molar-refractivity contribution < 1.29 is 9.47 Å². The van der Waals surface area contributed by atoms with Gasteiger partial charge in [0.15, 0.2) is 11.5 Å². The van der Waals surface area contributed by atoms with E-state index in [1.165, 1.54) is 0 Å². The molecule has 2 aromatic rings. The van der Waals surface area contributed by atoms with Crippen LogP contribution in [0.2, 0.25) is 0 Å². The van der Waals surface area contributed by atoms with Crippen molar-refractivity contribution >= 4 is 12.4 Å². The van der Waals surface area contributed by atoms with E-state index in [0.29, 0.717) is 6.61 Å². The van der Waals surface area contributed by atoms with E-state index >= 15 is 0 Å². The minimum absolute atomic E-state index is 0. The molecule has 0 aliphatic rings. The molecule has 3 nitrogen and oxygen atoms in total. The molecule has 1 atom stereocenters. The minimum Gasteiger partial charge on any atom is -0.493 e. The minimum atomic E-state index is -0.0579. The molecule has 0 spiro atoms. The van der Waals surface area contributed by atoms with Crippen molar-refractivity contribution in [3.8, 4) is 11.5 Å². The number of hydrogen-bond donors (Lipinski definition) is 1. The van der Waals surface area contributed by atoms with Crippen LogP contribution in [0.25, 0.3) is 0 Å². The molecular weight excluding hydrogens is 310 g/mol. The fraction of sp³-hybridized carbons (Fsp3) is 0.368. The van der Waals surface area contributed by atoms with Crippen molar-refractivity contribution in [3.63, 3.8) is 0 Å².